The molecule has 0 unspecified atom stereocenters. The highest BCUT2D eigenvalue weighted by molar-refractivity contribution is 6.07. The zero-order valence-corrected chi connectivity index (χ0v) is 10.8. The highest BCUT2D eigenvalue weighted by Gasteiger charge is 2.19. The molecule has 1 rings (SSSR count). The van der Waals surface area contributed by atoms with E-state index in [2.05, 4.69) is 0 Å². The summed E-state index contributed by atoms with van der Waals surface area (Å²) in [7, 11) is 4.63. The summed E-state index contributed by atoms with van der Waals surface area (Å²) in [5.41, 5.74) is -0.234. The van der Waals surface area contributed by atoms with Crippen molar-refractivity contribution in [2.75, 3.05) is 26.0 Å². The summed E-state index contributed by atoms with van der Waals surface area (Å²) in [6.07, 6.45) is 1.33. The van der Waals surface area contributed by atoms with Crippen LogP contribution >= 0.6 is 0 Å². The van der Waals surface area contributed by atoms with E-state index < -0.39 is 17.5 Å². The maximum absolute atomic E-state index is 13.5. The second-order valence-electron chi connectivity index (χ2n) is 4.08. The van der Waals surface area contributed by atoms with Gasteiger partial charge in [0.2, 0.25) is 0 Å². The number of carbonyl (C=O) groups is 1. The van der Waals surface area contributed by atoms with Gasteiger partial charge in [-0.05, 0) is 12.1 Å². The lowest BCUT2D eigenvalue weighted by Gasteiger charge is -2.18. The van der Waals surface area contributed by atoms with Crippen LogP contribution in [-0.4, -0.2) is 32.0 Å². The van der Waals surface area contributed by atoms with Crippen molar-refractivity contribution in [3.8, 4) is 6.07 Å². The van der Waals surface area contributed by atoms with Gasteiger partial charge in [-0.15, -0.1) is 0 Å². The quantitative estimate of drug-likeness (QED) is 0.619. The lowest BCUT2D eigenvalue weighted by atomic mass is 10.2. The third kappa shape index (κ3) is 3.52. The number of nitrogens with zero attached hydrogens (tertiary/aromatic N) is 3. The molecule has 0 aliphatic heterocycles. The van der Waals surface area contributed by atoms with Crippen molar-refractivity contribution in [3.63, 3.8) is 0 Å². The van der Waals surface area contributed by atoms with Gasteiger partial charge in [0, 0.05) is 33.4 Å². The zero-order valence-electron chi connectivity index (χ0n) is 10.8. The van der Waals surface area contributed by atoms with Crippen molar-refractivity contribution in [1.82, 2.24) is 4.90 Å². The Kier molecular flexibility index (Phi) is 4.59. The van der Waals surface area contributed by atoms with Gasteiger partial charge in [0.25, 0.3) is 5.91 Å². The lowest BCUT2D eigenvalue weighted by Crippen LogP contribution is -2.29. The van der Waals surface area contributed by atoms with E-state index in [0.717, 1.165) is 17.0 Å². The molecule has 0 heterocycles. The van der Waals surface area contributed by atoms with Crippen LogP contribution in [0.5, 0.6) is 0 Å². The standard InChI is InChI=1S/C13H13F2N3O/c1-17(2)8-9(7-16)13(19)18(3)12-5-4-10(14)6-11(12)15/h4-6,8H,1-3H3. The molecule has 1 amide bonds. The first-order valence-electron chi connectivity index (χ1n) is 5.38. The molecule has 0 saturated heterocycles. The molecule has 0 aromatic heterocycles. The average molecular weight is 265 g/mol. The van der Waals surface area contributed by atoms with Gasteiger partial charge in [-0.3, -0.25) is 4.79 Å². The van der Waals surface area contributed by atoms with Gasteiger partial charge in [-0.2, -0.15) is 5.26 Å². The minimum atomic E-state index is -0.863. The molecule has 0 aliphatic carbocycles. The number of rotatable bonds is 3. The number of benzene rings is 1. The summed E-state index contributed by atoms with van der Waals surface area (Å²) in [6.45, 7) is 0. The number of carbonyl (C=O) groups excluding carboxylic acids is 1. The van der Waals surface area contributed by atoms with Gasteiger partial charge in [0.05, 0.1) is 5.69 Å². The Morgan fingerprint density at radius 3 is 2.42 bits per heavy atom. The summed E-state index contributed by atoms with van der Waals surface area (Å²) in [5, 5.41) is 8.91. The molecule has 0 fully saturated rings. The van der Waals surface area contributed by atoms with Crippen LogP contribution in [0.25, 0.3) is 0 Å². The Morgan fingerprint density at radius 1 is 1.32 bits per heavy atom. The third-order valence-electron chi connectivity index (χ3n) is 2.31. The molecule has 0 saturated carbocycles. The molecule has 0 N–H and O–H groups in total. The van der Waals surface area contributed by atoms with Gasteiger partial charge < -0.3 is 9.80 Å². The van der Waals surface area contributed by atoms with E-state index in [-0.39, 0.29) is 11.3 Å². The van der Waals surface area contributed by atoms with E-state index in [0.29, 0.717) is 6.07 Å². The second-order valence-corrected chi connectivity index (χ2v) is 4.08. The van der Waals surface area contributed by atoms with Gasteiger partial charge in [0.15, 0.2) is 0 Å². The first-order valence-corrected chi connectivity index (χ1v) is 5.38. The van der Waals surface area contributed by atoms with Crippen molar-refractivity contribution in [1.29, 1.82) is 5.26 Å². The second kappa shape index (κ2) is 5.96. The van der Waals surface area contributed by atoms with Crippen LogP contribution in [0.3, 0.4) is 0 Å². The van der Waals surface area contributed by atoms with E-state index in [4.69, 9.17) is 5.26 Å². The third-order valence-corrected chi connectivity index (χ3v) is 2.31. The van der Waals surface area contributed by atoms with Crippen LogP contribution in [0.4, 0.5) is 14.5 Å². The number of halogens is 2. The molecule has 100 valence electrons. The summed E-state index contributed by atoms with van der Waals surface area (Å²) < 4.78 is 26.3. The minimum Gasteiger partial charge on any atom is -0.382 e. The van der Waals surface area contributed by atoms with Crippen molar-refractivity contribution in [2.24, 2.45) is 0 Å². The fourth-order valence-corrected chi connectivity index (χ4v) is 1.43. The predicted molar refractivity (Wildman–Crippen MR) is 67.2 cm³/mol. The number of hydrogen-bond donors (Lipinski definition) is 0. The lowest BCUT2D eigenvalue weighted by molar-refractivity contribution is -0.114. The van der Waals surface area contributed by atoms with Gasteiger partial charge in [-0.1, -0.05) is 0 Å². The highest BCUT2D eigenvalue weighted by atomic mass is 19.1. The van der Waals surface area contributed by atoms with E-state index in [1.807, 2.05) is 0 Å². The van der Waals surface area contributed by atoms with Gasteiger partial charge in [-0.25, -0.2) is 8.78 Å². The maximum atomic E-state index is 13.5. The number of anilines is 1. The molecular weight excluding hydrogens is 252 g/mol. The Morgan fingerprint density at radius 2 is 1.95 bits per heavy atom. The van der Waals surface area contributed by atoms with Crippen LogP contribution in [-0.2, 0) is 4.79 Å². The molecule has 1 aromatic rings. The van der Waals surface area contributed by atoms with Crippen molar-refractivity contribution < 1.29 is 13.6 Å². The van der Waals surface area contributed by atoms with Crippen molar-refractivity contribution in [3.05, 3.63) is 41.6 Å². The first-order chi connectivity index (χ1) is 8.86. The molecule has 1 aromatic carbocycles. The molecular formula is C13H13F2N3O. The summed E-state index contributed by atoms with van der Waals surface area (Å²) in [6, 6.07) is 4.62. The Bertz CT molecular complexity index is 561. The van der Waals surface area contributed by atoms with E-state index in [1.54, 1.807) is 20.2 Å². The molecule has 0 spiro atoms. The van der Waals surface area contributed by atoms with Crippen LogP contribution in [0.1, 0.15) is 0 Å². The van der Waals surface area contributed by atoms with E-state index in [9.17, 15) is 13.6 Å². The largest absolute Gasteiger partial charge is 0.382 e. The van der Waals surface area contributed by atoms with E-state index in [1.165, 1.54) is 18.1 Å². The van der Waals surface area contributed by atoms with Crippen LogP contribution in [0.2, 0.25) is 0 Å². The number of hydrogen-bond acceptors (Lipinski definition) is 3. The Hall–Kier alpha value is -2.42. The first kappa shape index (κ1) is 14.6. The van der Waals surface area contributed by atoms with Crippen molar-refractivity contribution in [2.45, 2.75) is 0 Å². The summed E-state index contributed by atoms with van der Waals surface area (Å²) >= 11 is 0. The van der Waals surface area contributed by atoms with Crippen LogP contribution in [0.15, 0.2) is 30.0 Å². The van der Waals surface area contributed by atoms with Crippen LogP contribution < -0.4 is 4.90 Å². The summed E-state index contributed by atoms with van der Waals surface area (Å²) in [4.78, 5) is 14.5. The number of nitriles is 1. The summed E-state index contributed by atoms with van der Waals surface area (Å²) in [5.74, 6) is -2.26. The zero-order chi connectivity index (χ0) is 14.6. The maximum Gasteiger partial charge on any atom is 0.270 e. The van der Waals surface area contributed by atoms with Crippen LogP contribution in [0, 0.1) is 23.0 Å². The molecule has 0 atom stereocenters. The topological polar surface area (TPSA) is 47.3 Å². The molecule has 4 nitrogen and oxygen atoms in total. The van der Waals surface area contributed by atoms with E-state index >= 15 is 0 Å². The SMILES string of the molecule is CN(C)C=C(C#N)C(=O)N(C)c1ccc(F)cc1F. The highest BCUT2D eigenvalue weighted by Crippen LogP contribution is 2.20. The van der Waals surface area contributed by atoms with Gasteiger partial charge >= 0.3 is 0 Å². The average Bonchev–Trinajstić information content (AvgIpc) is 2.34. The molecule has 0 bridgehead atoms. The molecule has 0 radical (unpaired) electrons. The molecule has 6 heteroatoms. The van der Waals surface area contributed by atoms with Gasteiger partial charge in [0.1, 0.15) is 23.3 Å². The number of amides is 1. The Balaban J connectivity index is 3.09. The minimum absolute atomic E-state index is 0.0914. The Labute approximate surface area is 110 Å². The van der Waals surface area contributed by atoms with Crippen molar-refractivity contribution >= 4 is 11.6 Å². The smallest absolute Gasteiger partial charge is 0.270 e. The fourth-order valence-electron chi connectivity index (χ4n) is 1.43. The number of likely N-dealkylation sites (N-methyl/N-ethyl adjacent to an activating group) is 1. The fraction of sp³-hybridized carbons (Fsp3) is 0.231. The predicted octanol–water partition coefficient (Wildman–Crippen LogP) is 1.90. The molecule has 19 heavy (non-hydrogen) atoms. The monoisotopic (exact) mass is 265 g/mol. The molecule has 0 aliphatic rings. The normalized spacial score (nSPS) is 10.8.